The third-order valence-electron chi connectivity index (χ3n) is 4.88. The van der Waals surface area contributed by atoms with Crippen molar-refractivity contribution in [2.24, 2.45) is 0 Å². The van der Waals surface area contributed by atoms with Crippen LogP contribution in [0.3, 0.4) is 0 Å². The Kier molecular flexibility index (Phi) is 7.43. The quantitative estimate of drug-likeness (QED) is 0.542. The van der Waals surface area contributed by atoms with Crippen LogP contribution in [0.25, 0.3) is 10.9 Å². The van der Waals surface area contributed by atoms with Gasteiger partial charge in [0.1, 0.15) is 5.75 Å². The van der Waals surface area contributed by atoms with Gasteiger partial charge in [-0.05, 0) is 56.1 Å². The molecule has 0 spiro atoms. The zero-order valence-corrected chi connectivity index (χ0v) is 18.5. The van der Waals surface area contributed by atoms with Crippen molar-refractivity contribution in [3.8, 4) is 5.75 Å². The van der Waals surface area contributed by atoms with E-state index in [1.54, 1.807) is 7.11 Å². The van der Waals surface area contributed by atoms with Crippen molar-refractivity contribution in [1.82, 2.24) is 20.1 Å². The maximum Gasteiger partial charge on any atom is 0.253 e. The zero-order valence-electron chi connectivity index (χ0n) is 17.6. The monoisotopic (exact) mass is 424 g/mol. The molecule has 0 fully saturated rings. The molecule has 3 rings (SSSR count). The lowest BCUT2D eigenvalue weighted by atomic mass is 10.1. The van der Waals surface area contributed by atoms with Crippen molar-refractivity contribution in [3.05, 3.63) is 76.1 Å². The van der Waals surface area contributed by atoms with Crippen LogP contribution in [-0.2, 0) is 13.1 Å². The molecular formula is C23H28N4O2S. The van der Waals surface area contributed by atoms with E-state index in [-0.39, 0.29) is 5.56 Å². The number of thiocarbonyl (C=S) groups is 1. The summed E-state index contributed by atoms with van der Waals surface area (Å²) in [7, 11) is 5.68. The average Bonchev–Trinajstić information content (AvgIpc) is 2.75. The van der Waals surface area contributed by atoms with Crippen molar-refractivity contribution < 1.29 is 4.74 Å². The number of aromatic amines is 1. The lowest BCUT2D eigenvalue weighted by molar-refractivity contribution is 0.322. The summed E-state index contributed by atoms with van der Waals surface area (Å²) in [6, 6.07) is 17.7. The molecule has 1 aromatic heterocycles. The number of likely N-dealkylation sites (N-methyl/N-ethyl adjacent to an activating group) is 1. The maximum absolute atomic E-state index is 12.7. The summed E-state index contributed by atoms with van der Waals surface area (Å²) in [4.78, 5) is 19.8. The lowest BCUT2D eigenvalue weighted by Crippen LogP contribution is -2.43. The molecule has 0 aliphatic carbocycles. The summed E-state index contributed by atoms with van der Waals surface area (Å²) in [6.07, 6.45) is 0. The van der Waals surface area contributed by atoms with E-state index in [0.717, 1.165) is 28.8 Å². The van der Waals surface area contributed by atoms with Crippen molar-refractivity contribution in [3.63, 3.8) is 0 Å². The fourth-order valence-corrected chi connectivity index (χ4v) is 3.37. The van der Waals surface area contributed by atoms with Gasteiger partial charge in [0, 0.05) is 36.1 Å². The van der Waals surface area contributed by atoms with Gasteiger partial charge in [-0.3, -0.25) is 4.79 Å². The first-order chi connectivity index (χ1) is 14.5. The smallest absolute Gasteiger partial charge is 0.253 e. The second kappa shape index (κ2) is 10.2. The highest BCUT2D eigenvalue weighted by Gasteiger charge is 2.14. The molecule has 0 bridgehead atoms. The van der Waals surface area contributed by atoms with Gasteiger partial charge in [-0.15, -0.1) is 0 Å². The van der Waals surface area contributed by atoms with Crippen LogP contribution in [0.5, 0.6) is 5.75 Å². The molecule has 0 amide bonds. The number of hydrogen-bond acceptors (Lipinski definition) is 4. The molecule has 0 atom stereocenters. The molecule has 2 aromatic carbocycles. The second-order valence-electron chi connectivity index (χ2n) is 7.45. The predicted octanol–water partition coefficient (Wildman–Crippen LogP) is 2.98. The fourth-order valence-electron chi connectivity index (χ4n) is 3.14. The van der Waals surface area contributed by atoms with E-state index in [9.17, 15) is 4.79 Å². The number of ether oxygens (including phenoxy) is 1. The van der Waals surface area contributed by atoms with E-state index in [0.29, 0.717) is 30.3 Å². The molecule has 2 N–H and O–H groups in total. The summed E-state index contributed by atoms with van der Waals surface area (Å²) in [5.74, 6) is 0.755. The molecule has 3 aromatic rings. The topological polar surface area (TPSA) is 60.6 Å². The van der Waals surface area contributed by atoms with E-state index in [4.69, 9.17) is 17.0 Å². The number of rotatable bonds is 8. The average molecular weight is 425 g/mol. The third-order valence-corrected chi connectivity index (χ3v) is 5.28. The van der Waals surface area contributed by atoms with Crippen molar-refractivity contribution in [2.75, 3.05) is 34.3 Å². The Balaban J connectivity index is 1.80. The highest BCUT2D eigenvalue weighted by Crippen LogP contribution is 2.19. The van der Waals surface area contributed by atoms with Crippen LogP contribution in [0.1, 0.15) is 11.1 Å². The first-order valence-electron chi connectivity index (χ1n) is 9.87. The molecule has 0 saturated heterocycles. The number of aromatic nitrogens is 1. The number of benzene rings is 2. The van der Waals surface area contributed by atoms with E-state index >= 15 is 0 Å². The van der Waals surface area contributed by atoms with Gasteiger partial charge in [-0.2, -0.15) is 0 Å². The van der Waals surface area contributed by atoms with Gasteiger partial charge < -0.3 is 24.8 Å². The number of nitrogens with zero attached hydrogens (tertiary/aromatic N) is 2. The van der Waals surface area contributed by atoms with E-state index in [1.807, 2.05) is 61.5 Å². The first-order valence-corrected chi connectivity index (χ1v) is 10.3. The second-order valence-corrected chi connectivity index (χ2v) is 7.83. The van der Waals surface area contributed by atoms with Gasteiger partial charge in [0.15, 0.2) is 5.11 Å². The third kappa shape index (κ3) is 5.81. The zero-order chi connectivity index (χ0) is 21.5. The highest BCUT2D eigenvalue weighted by molar-refractivity contribution is 7.80. The van der Waals surface area contributed by atoms with Gasteiger partial charge >= 0.3 is 0 Å². The Morgan fingerprint density at radius 1 is 1.10 bits per heavy atom. The maximum atomic E-state index is 12.7. The van der Waals surface area contributed by atoms with E-state index < -0.39 is 0 Å². The number of hydrogen-bond donors (Lipinski definition) is 2. The summed E-state index contributed by atoms with van der Waals surface area (Å²) in [6.45, 7) is 2.61. The molecule has 6 nitrogen and oxygen atoms in total. The highest BCUT2D eigenvalue weighted by atomic mass is 32.1. The van der Waals surface area contributed by atoms with Gasteiger partial charge in [-0.25, -0.2) is 0 Å². The van der Waals surface area contributed by atoms with Crippen LogP contribution >= 0.6 is 12.2 Å². The summed E-state index contributed by atoms with van der Waals surface area (Å²) >= 11 is 5.67. The first kappa shape index (κ1) is 21.8. The molecule has 0 aliphatic heterocycles. The number of methoxy groups -OCH3 is 1. The normalized spacial score (nSPS) is 10.9. The van der Waals surface area contributed by atoms with Crippen molar-refractivity contribution in [1.29, 1.82) is 0 Å². The standard InChI is InChI=1S/C23H28N4O2S/c1-26(2)11-12-27(23(30)24-15-17-7-5-4-6-8-17)16-19-13-18-14-20(29-3)9-10-21(18)25-22(19)28/h4-10,13-14H,11-12,15-16H2,1-3H3,(H,24,30)(H,25,28). The molecule has 158 valence electrons. The minimum Gasteiger partial charge on any atom is -0.497 e. The minimum atomic E-state index is -0.103. The molecule has 1 heterocycles. The van der Waals surface area contributed by atoms with Gasteiger partial charge in [0.05, 0.1) is 13.7 Å². The molecule has 30 heavy (non-hydrogen) atoms. The Bertz CT molecular complexity index is 1050. The van der Waals surface area contributed by atoms with Crippen LogP contribution in [0.15, 0.2) is 59.4 Å². The van der Waals surface area contributed by atoms with Crippen LogP contribution in [0, 0.1) is 0 Å². The molecule has 0 radical (unpaired) electrons. The van der Waals surface area contributed by atoms with Gasteiger partial charge in [0.2, 0.25) is 0 Å². The number of nitrogens with one attached hydrogen (secondary N) is 2. The van der Waals surface area contributed by atoms with Crippen LogP contribution in [0.2, 0.25) is 0 Å². The van der Waals surface area contributed by atoms with E-state index in [1.165, 1.54) is 0 Å². The lowest BCUT2D eigenvalue weighted by Gasteiger charge is -2.27. The van der Waals surface area contributed by atoms with Crippen molar-refractivity contribution in [2.45, 2.75) is 13.1 Å². The Hall–Kier alpha value is -2.90. The van der Waals surface area contributed by atoms with Crippen molar-refractivity contribution >= 4 is 28.2 Å². The molecule has 0 saturated carbocycles. The van der Waals surface area contributed by atoms with Gasteiger partial charge in [-0.1, -0.05) is 30.3 Å². The molecule has 0 unspecified atom stereocenters. The largest absolute Gasteiger partial charge is 0.497 e. The summed E-state index contributed by atoms with van der Waals surface area (Å²) in [5.41, 5.74) is 2.50. The SMILES string of the molecule is COc1ccc2[nH]c(=O)c(CN(CCN(C)C)C(=S)NCc3ccccc3)cc2c1. The predicted molar refractivity (Wildman–Crippen MR) is 126 cm³/mol. The number of fused-ring (bicyclic) bond motifs is 1. The summed E-state index contributed by atoms with van der Waals surface area (Å²) < 4.78 is 5.31. The Morgan fingerprint density at radius 2 is 1.87 bits per heavy atom. The Morgan fingerprint density at radius 3 is 2.57 bits per heavy atom. The molecular weight excluding hydrogens is 396 g/mol. The number of H-pyrrole nitrogens is 1. The molecule has 7 heteroatoms. The van der Waals surface area contributed by atoms with Crippen LogP contribution in [-0.4, -0.2) is 54.2 Å². The minimum absolute atomic E-state index is 0.103. The van der Waals surface area contributed by atoms with E-state index in [2.05, 4.69) is 27.3 Å². The van der Waals surface area contributed by atoms with Crippen LogP contribution < -0.4 is 15.6 Å². The Labute approximate surface area is 182 Å². The fraction of sp³-hybridized carbons (Fsp3) is 0.304. The van der Waals surface area contributed by atoms with Crippen LogP contribution in [0.4, 0.5) is 0 Å². The van der Waals surface area contributed by atoms with Gasteiger partial charge in [0.25, 0.3) is 5.56 Å². The molecule has 0 aliphatic rings. The summed E-state index contributed by atoms with van der Waals surface area (Å²) in [5, 5.41) is 4.89. The number of pyridine rings is 1.